The third-order valence-corrected chi connectivity index (χ3v) is 3.84. The number of benzene rings is 1. The van der Waals surface area contributed by atoms with Crippen molar-refractivity contribution in [3.8, 4) is 5.75 Å². The number of nitrogens with zero attached hydrogens (tertiary/aromatic N) is 1. The van der Waals surface area contributed by atoms with Gasteiger partial charge >= 0.3 is 0 Å². The van der Waals surface area contributed by atoms with E-state index in [4.69, 9.17) is 4.74 Å². The quantitative estimate of drug-likeness (QED) is 0.784. The lowest BCUT2D eigenvalue weighted by Gasteiger charge is -2.38. The molecule has 1 rings (SSSR count). The van der Waals surface area contributed by atoms with Crippen LogP contribution < -0.4 is 10.1 Å². The summed E-state index contributed by atoms with van der Waals surface area (Å²) in [5.41, 5.74) is 0.976. The molecule has 0 unspecified atom stereocenters. The number of ether oxygens (including phenoxy) is 1. The van der Waals surface area contributed by atoms with E-state index in [0.29, 0.717) is 0 Å². The van der Waals surface area contributed by atoms with Crippen molar-refractivity contribution in [2.45, 2.75) is 25.4 Å². The highest BCUT2D eigenvalue weighted by molar-refractivity contribution is 5.38. The first-order chi connectivity index (χ1) is 8.97. The minimum atomic E-state index is -0.170. The van der Waals surface area contributed by atoms with Crippen molar-refractivity contribution in [1.82, 2.24) is 10.2 Å². The van der Waals surface area contributed by atoms with Gasteiger partial charge in [-0.15, -0.1) is 0 Å². The van der Waals surface area contributed by atoms with Gasteiger partial charge in [0.15, 0.2) is 0 Å². The molecule has 0 amide bonds. The van der Waals surface area contributed by atoms with Crippen molar-refractivity contribution in [1.29, 1.82) is 0 Å². The van der Waals surface area contributed by atoms with Gasteiger partial charge in [0.25, 0.3) is 0 Å². The van der Waals surface area contributed by atoms with E-state index in [1.165, 1.54) is 0 Å². The van der Waals surface area contributed by atoms with Crippen LogP contribution in [0.1, 0.15) is 19.4 Å². The van der Waals surface area contributed by atoms with E-state index in [-0.39, 0.29) is 18.2 Å². The Labute approximate surface area is 116 Å². The maximum Gasteiger partial charge on any atom is 0.123 e. The monoisotopic (exact) mass is 266 g/mol. The molecule has 0 aliphatic carbocycles. The van der Waals surface area contributed by atoms with Crippen molar-refractivity contribution in [3.05, 3.63) is 29.8 Å². The van der Waals surface area contributed by atoms with Crippen LogP contribution in [0.25, 0.3) is 0 Å². The van der Waals surface area contributed by atoms with Gasteiger partial charge in [0.05, 0.1) is 13.7 Å². The van der Waals surface area contributed by atoms with Crippen LogP contribution >= 0.6 is 0 Å². The summed E-state index contributed by atoms with van der Waals surface area (Å²) in [6.07, 6.45) is 0. The van der Waals surface area contributed by atoms with Crippen LogP contribution in [-0.4, -0.2) is 50.4 Å². The molecule has 1 atom stereocenters. The fourth-order valence-corrected chi connectivity index (χ4v) is 2.15. The lowest BCUT2D eigenvalue weighted by Crippen LogP contribution is -2.47. The third kappa shape index (κ3) is 3.69. The first-order valence-electron chi connectivity index (χ1n) is 6.60. The van der Waals surface area contributed by atoms with E-state index in [1.807, 2.05) is 25.2 Å². The lowest BCUT2D eigenvalue weighted by atomic mass is 9.91. The number of aliphatic hydroxyl groups excluding tert-OH is 1. The van der Waals surface area contributed by atoms with E-state index in [9.17, 15) is 5.11 Å². The maximum absolute atomic E-state index is 9.30. The predicted molar refractivity (Wildman–Crippen MR) is 78.6 cm³/mol. The molecule has 19 heavy (non-hydrogen) atoms. The second-order valence-corrected chi connectivity index (χ2v) is 5.31. The molecule has 0 radical (unpaired) electrons. The number of para-hydroxylation sites is 1. The molecule has 0 aromatic heterocycles. The fraction of sp³-hybridized carbons (Fsp3) is 0.600. The van der Waals surface area contributed by atoms with Crippen LogP contribution in [0, 0.1) is 0 Å². The van der Waals surface area contributed by atoms with Crippen molar-refractivity contribution >= 4 is 0 Å². The molecule has 0 bridgehead atoms. The molecular formula is C15H26N2O2. The van der Waals surface area contributed by atoms with E-state index in [1.54, 1.807) is 7.11 Å². The first-order valence-corrected chi connectivity index (χ1v) is 6.60. The fourth-order valence-electron chi connectivity index (χ4n) is 2.15. The van der Waals surface area contributed by atoms with Gasteiger partial charge in [-0.1, -0.05) is 18.2 Å². The summed E-state index contributed by atoms with van der Waals surface area (Å²) in [5, 5.41) is 12.4. The number of methoxy groups -OCH3 is 1. The Balaban J connectivity index is 2.95. The smallest absolute Gasteiger partial charge is 0.123 e. The predicted octanol–water partition coefficient (Wildman–Crippen LogP) is 1.44. The third-order valence-electron chi connectivity index (χ3n) is 3.84. The second kappa shape index (κ2) is 6.89. The van der Waals surface area contributed by atoms with Gasteiger partial charge in [-0.3, -0.25) is 4.90 Å². The molecule has 2 N–H and O–H groups in total. The Morgan fingerprint density at radius 2 is 2.00 bits per heavy atom. The minimum Gasteiger partial charge on any atom is -0.496 e. The Morgan fingerprint density at radius 1 is 1.37 bits per heavy atom. The van der Waals surface area contributed by atoms with Crippen molar-refractivity contribution in [2.24, 2.45) is 0 Å². The van der Waals surface area contributed by atoms with E-state index in [2.05, 4.69) is 37.2 Å². The number of likely N-dealkylation sites (N-methyl/N-ethyl adjacent to an activating group) is 2. The number of nitrogens with one attached hydrogen (secondary N) is 1. The molecule has 0 saturated carbocycles. The van der Waals surface area contributed by atoms with Crippen LogP contribution in [0.3, 0.4) is 0 Å². The molecule has 108 valence electrons. The van der Waals surface area contributed by atoms with E-state index < -0.39 is 0 Å². The van der Waals surface area contributed by atoms with Gasteiger partial charge in [0.2, 0.25) is 0 Å². The highest BCUT2D eigenvalue weighted by Gasteiger charge is 2.29. The van der Waals surface area contributed by atoms with Crippen molar-refractivity contribution < 1.29 is 9.84 Å². The highest BCUT2D eigenvalue weighted by Crippen LogP contribution is 2.33. The molecule has 4 heteroatoms. The molecule has 0 aliphatic heterocycles. The SMILES string of the molecule is CN[C@@H](CO)CN(C)C(C)(C)c1ccccc1OC. The molecule has 4 nitrogen and oxygen atoms in total. The largest absolute Gasteiger partial charge is 0.496 e. The Bertz CT molecular complexity index is 389. The summed E-state index contributed by atoms with van der Waals surface area (Å²) >= 11 is 0. The van der Waals surface area contributed by atoms with Gasteiger partial charge in [-0.05, 0) is 34.0 Å². The Morgan fingerprint density at radius 3 is 2.53 bits per heavy atom. The molecule has 0 spiro atoms. The number of hydrogen-bond acceptors (Lipinski definition) is 4. The summed E-state index contributed by atoms with van der Waals surface area (Å²) in [6.45, 7) is 5.21. The van der Waals surface area contributed by atoms with Crippen LogP contribution in [0.5, 0.6) is 5.75 Å². The number of rotatable bonds is 7. The molecular weight excluding hydrogens is 240 g/mol. The topological polar surface area (TPSA) is 44.7 Å². The van der Waals surface area contributed by atoms with Gasteiger partial charge in [0.1, 0.15) is 5.75 Å². The summed E-state index contributed by atoms with van der Waals surface area (Å²) in [5.74, 6) is 0.893. The zero-order valence-corrected chi connectivity index (χ0v) is 12.6. The minimum absolute atomic E-state index is 0.0685. The number of aliphatic hydroxyl groups is 1. The zero-order valence-electron chi connectivity index (χ0n) is 12.6. The van der Waals surface area contributed by atoms with E-state index in [0.717, 1.165) is 17.9 Å². The first kappa shape index (κ1) is 16.0. The molecule has 1 aromatic rings. The molecule has 0 heterocycles. The van der Waals surface area contributed by atoms with Gasteiger partial charge in [0, 0.05) is 23.7 Å². The lowest BCUT2D eigenvalue weighted by molar-refractivity contribution is 0.118. The summed E-state index contributed by atoms with van der Waals surface area (Å²) in [7, 11) is 5.62. The van der Waals surface area contributed by atoms with Crippen molar-refractivity contribution in [3.63, 3.8) is 0 Å². The van der Waals surface area contributed by atoms with Crippen molar-refractivity contribution in [2.75, 3.05) is 34.4 Å². The van der Waals surface area contributed by atoms with Gasteiger partial charge in [-0.2, -0.15) is 0 Å². The highest BCUT2D eigenvalue weighted by atomic mass is 16.5. The Kier molecular flexibility index (Phi) is 5.79. The second-order valence-electron chi connectivity index (χ2n) is 5.31. The molecule has 0 aliphatic rings. The maximum atomic E-state index is 9.30. The molecule has 0 fully saturated rings. The summed E-state index contributed by atoms with van der Waals surface area (Å²) in [4.78, 5) is 2.22. The van der Waals surface area contributed by atoms with Crippen LogP contribution in [-0.2, 0) is 5.54 Å². The van der Waals surface area contributed by atoms with Crippen LogP contribution in [0.2, 0.25) is 0 Å². The average Bonchev–Trinajstić information content (AvgIpc) is 2.44. The van der Waals surface area contributed by atoms with Crippen LogP contribution in [0.15, 0.2) is 24.3 Å². The van der Waals surface area contributed by atoms with Gasteiger partial charge < -0.3 is 15.2 Å². The summed E-state index contributed by atoms with van der Waals surface area (Å²) < 4.78 is 5.45. The van der Waals surface area contributed by atoms with Crippen LogP contribution in [0.4, 0.5) is 0 Å². The molecule has 1 aromatic carbocycles. The summed E-state index contributed by atoms with van der Waals surface area (Å²) in [6, 6.07) is 8.13. The zero-order chi connectivity index (χ0) is 14.5. The normalized spacial score (nSPS) is 13.6. The average molecular weight is 266 g/mol. The molecule has 0 saturated heterocycles. The Hall–Kier alpha value is -1.10. The van der Waals surface area contributed by atoms with Gasteiger partial charge in [-0.25, -0.2) is 0 Å². The number of hydrogen-bond donors (Lipinski definition) is 2. The van der Waals surface area contributed by atoms with E-state index >= 15 is 0 Å². The standard InChI is InChI=1S/C15H26N2O2/c1-15(2,17(4)10-12(11-18)16-3)13-8-6-7-9-14(13)19-5/h6-9,12,16,18H,10-11H2,1-5H3/t12-/m1/s1.